The van der Waals surface area contributed by atoms with Crippen molar-refractivity contribution in [2.45, 2.75) is 39.8 Å². The topological polar surface area (TPSA) is 41.3 Å². The van der Waals surface area contributed by atoms with Gasteiger partial charge in [0.15, 0.2) is 0 Å². The Hall–Kier alpha value is -0.870. The van der Waals surface area contributed by atoms with Gasteiger partial charge in [-0.25, -0.2) is 4.98 Å². The van der Waals surface area contributed by atoms with Crippen molar-refractivity contribution in [2.75, 3.05) is 19.6 Å². The number of likely N-dealkylation sites (tertiary alicyclic amines) is 1. The zero-order valence-electron chi connectivity index (χ0n) is 10.4. The van der Waals surface area contributed by atoms with Crippen LogP contribution in [0.3, 0.4) is 0 Å². The van der Waals surface area contributed by atoms with Crippen molar-refractivity contribution in [2.24, 2.45) is 0 Å². The van der Waals surface area contributed by atoms with Crippen LogP contribution < -0.4 is 5.32 Å². The van der Waals surface area contributed by atoms with Crippen LogP contribution in [0.25, 0.3) is 0 Å². The molecule has 2 rings (SSSR count). The van der Waals surface area contributed by atoms with E-state index in [9.17, 15) is 0 Å². The Morgan fingerprint density at radius 1 is 1.50 bits per heavy atom. The third-order valence-electron chi connectivity index (χ3n) is 3.20. The lowest BCUT2D eigenvalue weighted by molar-refractivity contribution is 0.281. The summed E-state index contributed by atoms with van der Waals surface area (Å²) in [5.41, 5.74) is 1.01. The van der Waals surface area contributed by atoms with Crippen molar-refractivity contribution >= 4 is 0 Å². The summed E-state index contributed by atoms with van der Waals surface area (Å²) < 4.78 is 5.60. The van der Waals surface area contributed by atoms with E-state index in [4.69, 9.17) is 4.42 Å². The maximum atomic E-state index is 5.60. The van der Waals surface area contributed by atoms with E-state index in [0.717, 1.165) is 43.5 Å². The molecule has 1 aromatic heterocycles. The lowest BCUT2D eigenvalue weighted by Crippen LogP contribution is -2.32. The third kappa shape index (κ3) is 2.62. The molecule has 4 nitrogen and oxygen atoms in total. The lowest BCUT2D eigenvalue weighted by atomic mass is 10.3. The van der Waals surface area contributed by atoms with Crippen molar-refractivity contribution in [3.8, 4) is 0 Å². The summed E-state index contributed by atoms with van der Waals surface area (Å²) in [4.78, 5) is 6.82. The molecule has 1 N–H and O–H groups in total. The second kappa shape index (κ2) is 4.97. The maximum absolute atomic E-state index is 5.60. The third-order valence-corrected chi connectivity index (χ3v) is 3.20. The van der Waals surface area contributed by atoms with E-state index in [1.807, 2.05) is 13.8 Å². The normalized spacial score (nSPS) is 21.8. The molecular formula is C12H21N3O. The molecule has 0 aromatic carbocycles. The molecule has 1 aromatic rings. The van der Waals surface area contributed by atoms with Gasteiger partial charge in [0, 0.05) is 19.1 Å². The molecule has 1 atom stereocenters. The van der Waals surface area contributed by atoms with Gasteiger partial charge < -0.3 is 9.73 Å². The predicted molar refractivity (Wildman–Crippen MR) is 63.3 cm³/mol. The van der Waals surface area contributed by atoms with Gasteiger partial charge in [-0.05, 0) is 26.8 Å². The quantitative estimate of drug-likeness (QED) is 0.839. The molecule has 4 heteroatoms. The summed E-state index contributed by atoms with van der Waals surface area (Å²) >= 11 is 0. The number of nitrogens with zero attached hydrogens (tertiary/aromatic N) is 2. The highest BCUT2D eigenvalue weighted by molar-refractivity contribution is 5.05. The van der Waals surface area contributed by atoms with Crippen LogP contribution in [0.4, 0.5) is 0 Å². The van der Waals surface area contributed by atoms with Crippen molar-refractivity contribution in [3.05, 3.63) is 17.3 Å². The fraction of sp³-hybridized carbons (Fsp3) is 0.750. The minimum Gasteiger partial charge on any atom is -0.444 e. The Labute approximate surface area is 97.0 Å². The molecule has 0 radical (unpaired) electrons. The van der Waals surface area contributed by atoms with Crippen LogP contribution in [0.1, 0.15) is 30.7 Å². The number of oxazole rings is 1. The smallest absolute Gasteiger partial charge is 0.208 e. The molecule has 0 spiro atoms. The second-order valence-corrected chi connectivity index (χ2v) is 4.53. The summed E-state index contributed by atoms with van der Waals surface area (Å²) in [6.45, 7) is 10.3. The highest BCUT2D eigenvalue weighted by Gasteiger charge is 2.22. The zero-order valence-corrected chi connectivity index (χ0v) is 10.4. The minimum absolute atomic E-state index is 0.641. The van der Waals surface area contributed by atoms with Crippen LogP contribution >= 0.6 is 0 Å². The SMILES string of the molecule is CCNC1CCN(Cc2nc(C)c(C)o2)C1. The van der Waals surface area contributed by atoms with E-state index < -0.39 is 0 Å². The summed E-state index contributed by atoms with van der Waals surface area (Å²) in [6.07, 6.45) is 1.23. The van der Waals surface area contributed by atoms with E-state index in [-0.39, 0.29) is 0 Å². The molecule has 16 heavy (non-hydrogen) atoms. The molecule has 0 aliphatic carbocycles. The van der Waals surface area contributed by atoms with Gasteiger partial charge in [-0.1, -0.05) is 6.92 Å². The van der Waals surface area contributed by atoms with Gasteiger partial charge in [0.1, 0.15) is 5.76 Å². The van der Waals surface area contributed by atoms with Crippen LogP contribution in [0.2, 0.25) is 0 Å². The molecule has 1 saturated heterocycles. The molecule has 0 amide bonds. The Morgan fingerprint density at radius 2 is 2.31 bits per heavy atom. The van der Waals surface area contributed by atoms with Crippen LogP contribution in [0.15, 0.2) is 4.42 Å². The molecule has 2 heterocycles. The molecule has 1 aliphatic heterocycles. The number of aromatic nitrogens is 1. The van der Waals surface area contributed by atoms with E-state index in [1.54, 1.807) is 0 Å². The molecule has 1 aliphatic rings. The zero-order chi connectivity index (χ0) is 11.5. The molecule has 1 fully saturated rings. The van der Waals surface area contributed by atoms with Gasteiger partial charge >= 0.3 is 0 Å². The Morgan fingerprint density at radius 3 is 2.94 bits per heavy atom. The molecule has 1 unspecified atom stereocenters. The van der Waals surface area contributed by atoms with Gasteiger partial charge in [-0.15, -0.1) is 0 Å². The number of rotatable bonds is 4. The Balaban J connectivity index is 1.87. The fourth-order valence-electron chi connectivity index (χ4n) is 2.23. The molecule has 90 valence electrons. The standard InChI is InChI=1S/C12H21N3O/c1-4-13-11-5-6-15(7-11)8-12-14-9(2)10(3)16-12/h11,13H,4-8H2,1-3H3. The molecule has 0 saturated carbocycles. The fourth-order valence-corrected chi connectivity index (χ4v) is 2.23. The first-order valence-electron chi connectivity index (χ1n) is 6.07. The Bertz CT molecular complexity index is 329. The van der Waals surface area contributed by atoms with Crippen molar-refractivity contribution in [3.63, 3.8) is 0 Å². The van der Waals surface area contributed by atoms with E-state index in [2.05, 4.69) is 22.1 Å². The summed E-state index contributed by atoms with van der Waals surface area (Å²) in [5.74, 6) is 1.80. The minimum atomic E-state index is 0.641. The van der Waals surface area contributed by atoms with Crippen molar-refractivity contribution < 1.29 is 4.42 Å². The number of hydrogen-bond donors (Lipinski definition) is 1. The average Bonchev–Trinajstić information content (AvgIpc) is 2.77. The largest absolute Gasteiger partial charge is 0.444 e. The monoisotopic (exact) mass is 223 g/mol. The van der Waals surface area contributed by atoms with E-state index in [0.29, 0.717) is 6.04 Å². The maximum Gasteiger partial charge on any atom is 0.208 e. The number of aryl methyl sites for hydroxylation is 2. The summed E-state index contributed by atoms with van der Waals surface area (Å²) in [6, 6.07) is 0.641. The summed E-state index contributed by atoms with van der Waals surface area (Å²) in [7, 11) is 0. The first-order chi connectivity index (χ1) is 7.69. The van der Waals surface area contributed by atoms with Gasteiger partial charge in [0.2, 0.25) is 5.89 Å². The predicted octanol–water partition coefficient (Wildman–Crippen LogP) is 1.48. The number of hydrogen-bond acceptors (Lipinski definition) is 4. The van der Waals surface area contributed by atoms with Crippen LogP contribution in [0, 0.1) is 13.8 Å². The first kappa shape index (κ1) is 11.6. The van der Waals surface area contributed by atoms with Gasteiger partial charge in [0.25, 0.3) is 0 Å². The van der Waals surface area contributed by atoms with Crippen molar-refractivity contribution in [1.29, 1.82) is 0 Å². The van der Waals surface area contributed by atoms with E-state index in [1.165, 1.54) is 6.42 Å². The highest BCUT2D eigenvalue weighted by Crippen LogP contribution is 2.15. The lowest BCUT2D eigenvalue weighted by Gasteiger charge is -2.13. The Kier molecular flexibility index (Phi) is 3.61. The van der Waals surface area contributed by atoms with Gasteiger partial charge in [-0.3, -0.25) is 4.90 Å². The number of likely N-dealkylation sites (N-methyl/N-ethyl adjacent to an activating group) is 1. The highest BCUT2D eigenvalue weighted by atomic mass is 16.4. The molecular weight excluding hydrogens is 202 g/mol. The van der Waals surface area contributed by atoms with Gasteiger partial charge in [0.05, 0.1) is 12.2 Å². The van der Waals surface area contributed by atoms with Crippen LogP contribution in [-0.2, 0) is 6.54 Å². The molecule has 0 bridgehead atoms. The van der Waals surface area contributed by atoms with Crippen molar-refractivity contribution in [1.82, 2.24) is 15.2 Å². The van der Waals surface area contributed by atoms with Crippen LogP contribution in [0.5, 0.6) is 0 Å². The van der Waals surface area contributed by atoms with Crippen LogP contribution in [-0.4, -0.2) is 35.6 Å². The van der Waals surface area contributed by atoms with E-state index >= 15 is 0 Å². The second-order valence-electron chi connectivity index (χ2n) is 4.53. The van der Waals surface area contributed by atoms with Gasteiger partial charge in [-0.2, -0.15) is 0 Å². The average molecular weight is 223 g/mol. The summed E-state index contributed by atoms with van der Waals surface area (Å²) in [5, 5.41) is 3.48. The first-order valence-corrected chi connectivity index (χ1v) is 6.07. The number of nitrogens with one attached hydrogen (secondary N) is 1.